The number of aliphatic hydroxyl groups is 1. The molecule has 1 fully saturated rings. The van der Waals surface area contributed by atoms with Crippen LogP contribution in [0.5, 0.6) is 0 Å². The molecule has 17 heavy (non-hydrogen) atoms. The van der Waals surface area contributed by atoms with Crippen molar-refractivity contribution in [2.45, 2.75) is 26.0 Å². The van der Waals surface area contributed by atoms with Crippen molar-refractivity contribution >= 4 is 0 Å². The van der Waals surface area contributed by atoms with Crippen molar-refractivity contribution < 1.29 is 14.6 Å². The standard InChI is InChI=1S/C12H26N2O3/c1-3-16-10-12(15)8-13-11(2)9-14-4-6-17-7-5-14/h11-13,15H,3-10H2,1-2H3. The number of nitrogens with zero attached hydrogens (tertiary/aromatic N) is 1. The molecular weight excluding hydrogens is 220 g/mol. The highest BCUT2D eigenvalue weighted by atomic mass is 16.5. The Balaban J connectivity index is 2.05. The van der Waals surface area contributed by atoms with Crippen LogP contribution in [0.25, 0.3) is 0 Å². The van der Waals surface area contributed by atoms with Crippen molar-refractivity contribution in [2.24, 2.45) is 0 Å². The lowest BCUT2D eigenvalue weighted by atomic mass is 10.2. The molecule has 0 aromatic rings. The van der Waals surface area contributed by atoms with Crippen molar-refractivity contribution in [3.63, 3.8) is 0 Å². The van der Waals surface area contributed by atoms with Gasteiger partial charge < -0.3 is 19.9 Å². The average molecular weight is 246 g/mol. The fraction of sp³-hybridized carbons (Fsp3) is 1.00. The monoisotopic (exact) mass is 246 g/mol. The molecule has 0 aromatic carbocycles. The van der Waals surface area contributed by atoms with E-state index in [0.29, 0.717) is 25.8 Å². The summed E-state index contributed by atoms with van der Waals surface area (Å²) >= 11 is 0. The zero-order chi connectivity index (χ0) is 12.5. The van der Waals surface area contributed by atoms with Crippen molar-refractivity contribution in [3.05, 3.63) is 0 Å². The topological polar surface area (TPSA) is 54.0 Å². The summed E-state index contributed by atoms with van der Waals surface area (Å²) in [7, 11) is 0. The molecule has 0 spiro atoms. The number of hydrogen-bond donors (Lipinski definition) is 2. The number of nitrogens with one attached hydrogen (secondary N) is 1. The fourth-order valence-corrected chi connectivity index (χ4v) is 1.89. The van der Waals surface area contributed by atoms with Crippen LogP contribution in [0.15, 0.2) is 0 Å². The van der Waals surface area contributed by atoms with Gasteiger partial charge in [-0.3, -0.25) is 4.90 Å². The molecule has 102 valence electrons. The van der Waals surface area contributed by atoms with Crippen molar-refractivity contribution in [1.82, 2.24) is 10.2 Å². The van der Waals surface area contributed by atoms with Crippen molar-refractivity contribution in [1.29, 1.82) is 0 Å². The summed E-state index contributed by atoms with van der Waals surface area (Å²) in [5, 5.41) is 12.9. The lowest BCUT2D eigenvalue weighted by Gasteiger charge is -2.29. The van der Waals surface area contributed by atoms with E-state index in [-0.39, 0.29) is 0 Å². The maximum absolute atomic E-state index is 9.61. The van der Waals surface area contributed by atoms with E-state index in [0.717, 1.165) is 32.8 Å². The van der Waals surface area contributed by atoms with Crippen LogP contribution < -0.4 is 5.32 Å². The van der Waals surface area contributed by atoms with Gasteiger partial charge in [0.1, 0.15) is 0 Å². The molecule has 0 saturated carbocycles. The van der Waals surface area contributed by atoms with Gasteiger partial charge in [0.2, 0.25) is 0 Å². The maximum Gasteiger partial charge on any atom is 0.0897 e. The summed E-state index contributed by atoms with van der Waals surface area (Å²) in [6.07, 6.45) is -0.415. The van der Waals surface area contributed by atoms with E-state index < -0.39 is 6.10 Å². The third kappa shape index (κ3) is 6.95. The summed E-state index contributed by atoms with van der Waals surface area (Å²) in [6.45, 7) is 10.4. The van der Waals surface area contributed by atoms with Gasteiger partial charge in [-0.1, -0.05) is 0 Å². The molecule has 1 saturated heterocycles. The first kappa shape index (κ1) is 14.9. The van der Waals surface area contributed by atoms with Gasteiger partial charge in [-0.15, -0.1) is 0 Å². The van der Waals surface area contributed by atoms with Gasteiger partial charge in [0, 0.05) is 38.8 Å². The van der Waals surface area contributed by atoms with Crippen LogP contribution in [0.4, 0.5) is 0 Å². The van der Waals surface area contributed by atoms with Crippen LogP contribution in [-0.4, -0.2) is 74.8 Å². The lowest BCUT2D eigenvalue weighted by Crippen LogP contribution is -2.46. The number of hydrogen-bond acceptors (Lipinski definition) is 5. The van der Waals surface area contributed by atoms with Gasteiger partial charge in [-0.05, 0) is 13.8 Å². The number of rotatable bonds is 8. The SMILES string of the molecule is CCOCC(O)CNC(C)CN1CCOCC1. The Bertz CT molecular complexity index is 187. The van der Waals surface area contributed by atoms with Gasteiger partial charge in [0.05, 0.1) is 25.9 Å². The van der Waals surface area contributed by atoms with Crippen LogP contribution in [0.1, 0.15) is 13.8 Å². The Labute approximate surface area is 104 Å². The van der Waals surface area contributed by atoms with Gasteiger partial charge in [0.15, 0.2) is 0 Å². The molecular formula is C12H26N2O3. The first-order chi connectivity index (χ1) is 8.22. The molecule has 0 radical (unpaired) electrons. The zero-order valence-corrected chi connectivity index (χ0v) is 11.0. The van der Waals surface area contributed by atoms with Gasteiger partial charge in [0.25, 0.3) is 0 Å². The highest BCUT2D eigenvalue weighted by molar-refractivity contribution is 4.71. The van der Waals surface area contributed by atoms with Crippen molar-refractivity contribution in [2.75, 3.05) is 52.6 Å². The third-order valence-corrected chi connectivity index (χ3v) is 2.85. The maximum atomic E-state index is 9.61. The van der Waals surface area contributed by atoms with Gasteiger partial charge >= 0.3 is 0 Å². The average Bonchev–Trinajstić information content (AvgIpc) is 2.35. The van der Waals surface area contributed by atoms with Crippen LogP contribution in [-0.2, 0) is 9.47 Å². The first-order valence-electron chi connectivity index (χ1n) is 6.51. The quantitative estimate of drug-likeness (QED) is 0.615. The van der Waals surface area contributed by atoms with Crippen LogP contribution in [0.2, 0.25) is 0 Å². The zero-order valence-electron chi connectivity index (χ0n) is 11.0. The molecule has 2 atom stereocenters. The fourth-order valence-electron chi connectivity index (χ4n) is 1.89. The number of morpholine rings is 1. The largest absolute Gasteiger partial charge is 0.389 e. The van der Waals surface area contributed by atoms with E-state index >= 15 is 0 Å². The van der Waals surface area contributed by atoms with E-state index in [1.807, 2.05) is 6.92 Å². The molecule has 1 aliphatic rings. The second-order valence-electron chi connectivity index (χ2n) is 4.54. The minimum Gasteiger partial charge on any atom is -0.389 e. The van der Waals surface area contributed by atoms with Crippen LogP contribution >= 0.6 is 0 Å². The first-order valence-corrected chi connectivity index (χ1v) is 6.51. The van der Waals surface area contributed by atoms with E-state index in [9.17, 15) is 5.11 Å². The predicted molar refractivity (Wildman–Crippen MR) is 67.2 cm³/mol. The Morgan fingerprint density at radius 3 is 2.76 bits per heavy atom. The normalized spacial score (nSPS) is 21.4. The minimum atomic E-state index is -0.415. The molecule has 1 rings (SSSR count). The van der Waals surface area contributed by atoms with Crippen LogP contribution in [0, 0.1) is 0 Å². The number of aliphatic hydroxyl groups excluding tert-OH is 1. The molecule has 1 heterocycles. The highest BCUT2D eigenvalue weighted by Gasteiger charge is 2.14. The molecule has 0 aliphatic carbocycles. The van der Waals surface area contributed by atoms with E-state index in [2.05, 4.69) is 17.1 Å². The van der Waals surface area contributed by atoms with E-state index in [4.69, 9.17) is 9.47 Å². The molecule has 5 heteroatoms. The van der Waals surface area contributed by atoms with Gasteiger partial charge in [-0.25, -0.2) is 0 Å². The number of ether oxygens (including phenoxy) is 2. The Hall–Kier alpha value is -0.200. The Morgan fingerprint density at radius 2 is 2.12 bits per heavy atom. The second kappa shape index (κ2) is 8.83. The lowest BCUT2D eigenvalue weighted by molar-refractivity contribution is 0.0286. The predicted octanol–water partition coefficient (Wildman–Crippen LogP) is -0.306. The molecule has 2 unspecified atom stereocenters. The van der Waals surface area contributed by atoms with Crippen molar-refractivity contribution in [3.8, 4) is 0 Å². The van der Waals surface area contributed by atoms with E-state index in [1.165, 1.54) is 0 Å². The summed E-state index contributed by atoms with van der Waals surface area (Å²) in [5.74, 6) is 0. The molecule has 1 aliphatic heterocycles. The smallest absolute Gasteiger partial charge is 0.0897 e. The van der Waals surface area contributed by atoms with E-state index in [1.54, 1.807) is 0 Å². The molecule has 5 nitrogen and oxygen atoms in total. The highest BCUT2D eigenvalue weighted by Crippen LogP contribution is 1.98. The second-order valence-corrected chi connectivity index (χ2v) is 4.54. The summed E-state index contributed by atoms with van der Waals surface area (Å²) in [5.41, 5.74) is 0. The minimum absolute atomic E-state index is 0.379. The summed E-state index contributed by atoms with van der Waals surface area (Å²) in [6, 6.07) is 0.379. The molecule has 0 bridgehead atoms. The Kier molecular flexibility index (Phi) is 7.72. The molecule has 0 aromatic heterocycles. The van der Waals surface area contributed by atoms with Gasteiger partial charge in [-0.2, -0.15) is 0 Å². The Morgan fingerprint density at radius 1 is 1.41 bits per heavy atom. The summed E-state index contributed by atoms with van der Waals surface area (Å²) < 4.78 is 10.5. The molecule has 0 amide bonds. The summed E-state index contributed by atoms with van der Waals surface area (Å²) in [4.78, 5) is 2.39. The third-order valence-electron chi connectivity index (χ3n) is 2.85. The molecule has 2 N–H and O–H groups in total. The van der Waals surface area contributed by atoms with Crippen LogP contribution in [0.3, 0.4) is 0 Å².